The van der Waals surface area contributed by atoms with E-state index in [0.29, 0.717) is 5.56 Å². The van der Waals surface area contributed by atoms with Gasteiger partial charge in [0.15, 0.2) is 5.70 Å². The highest BCUT2D eigenvalue weighted by atomic mass is 16.6. The van der Waals surface area contributed by atoms with E-state index in [1.54, 1.807) is 12.1 Å². The summed E-state index contributed by atoms with van der Waals surface area (Å²) in [5.74, 6) is -0.290. The van der Waals surface area contributed by atoms with Gasteiger partial charge in [0, 0.05) is 17.7 Å². The van der Waals surface area contributed by atoms with E-state index in [1.807, 2.05) is 31.2 Å². The minimum atomic E-state index is -0.543. The van der Waals surface area contributed by atoms with Crippen molar-refractivity contribution in [2.75, 3.05) is 0 Å². The summed E-state index contributed by atoms with van der Waals surface area (Å²) < 4.78 is 5.17. The van der Waals surface area contributed by atoms with Gasteiger partial charge in [0.25, 0.3) is 5.69 Å². The number of aryl methyl sites for hydroxylation is 1. The number of aliphatic imine (C=N–C) groups is 1. The number of carbonyl (C=O) groups excluding carboxylic acids is 1. The number of carbonyl (C=O) groups is 1. The Morgan fingerprint density at radius 3 is 2.35 bits per heavy atom. The molecule has 23 heavy (non-hydrogen) atoms. The highest BCUT2D eigenvalue weighted by Gasteiger charge is 2.24. The summed E-state index contributed by atoms with van der Waals surface area (Å²) in [7, 11) is 0. The van der Waals surface area contributed by atoms with Crippen LogP contribution in [0, 0.1) is 17.0 Å². The third-order valence-electron chi connectivity index (χ3n) is 3.33. The second-order valence-electron chi connectivity index (χ2n) is 5.05. The molecule has 6 nitrogen and oxygen atoms in total. The zero-order valence-electron chi connectivity index (χ0n) is 12.2. The third kappa shape index (κ3) is 3.16. The number of nitro benzene ring substituents is 1. The summed E-state index contributed by atoms with van der Waals surface area (Å²) in [6.07, 6.45) is 1.53. The Hall–Kier alpha value is -3.28. The quantitative estimate of drug-likeness (QED) is 0.377. The van der Waals surface area contributed by atoms with E-state index in [4.69, 9.17) is 4.74 Å². The highest BCUT2D eigenvalue weighted by molar-refractivity contribution is 6.12. The lowest BCUT2D eigenvalue weighted by Gasteiger charge is -1.99. The topological polar surface area (TPSA) is 81.8 Å². The van der Waals surface area contributed by atoms with Gasteiger partial charge < -0.3 is 4.74 Å². The molecular weight excluding hydrogens is 296 g/mol. The maximum atomic E-state index is 11.9. The molecule has 0 saturated heterocycles. The van der Waals surface area contributed by atoms with E-state index >= 15 is 0 Å². The van der Waals surface area contributed by atoms with Gasteiger partial charge in [0.2, 0.25) is 5.90 Å². The molecule has 0 bridgehead atoms. The predicted molar refractivity (Wildman–Crippen MR) is 84.9 cm³/mol. The molecule has 0 atom stereocenters. The first-order valence-corrected chi connectivity index (χ1v) is 6.87. The number of benzene rings is 2. The minimum Gasteiger partial charge on any atom is -0.402 e. The number of hydrogen-bond acceptors (Lipinski definition) is 5. The van der Waals surface area contributed by atoms with E-state index in [2.05, 4.69) is 4.99 Å². The van der Waals surface area contributed by atoms with Crippen LogP contribution >= 0.6 is 0 Å². The van der Waals surface area contributed by atoms with Crippen LogP contribution in [0.4, 0.5) is 5.69 Å². The van der Waals surface area contributed by atoms with Crippen molar-refractivity contribution in [3.8, 4) is 0 Å². The molecule has 0 amide bonds. The Bertz CT molecular complexity index is 834. The van der Waals surface area contributed by atoms with Crippen LogP contribution in [0.3, 0.4) is 0 Å². The van der Waals surface area contributed by atoms with Crippen molar-refractivity contribution in [1.82, 2.24) is 0 Å². The van der Waals surface area contributed by atoms with Crippen molar-refractivity contribution >= 4 is 23.6 Å². The molecule has 0 aliphatic carbocycles. The number of cyclic esters (lactones) is 1. The van der Waals surface area contributed by atoms with Crippen molar-refractivity contribution in [1.29, 1.82) is 0 Å². The van der Waals surface area contributed by atoms with Gasteiger partial charge in [-0.1, -0.05) is 17.7 Å². The molecular formula is C17H12N2O4. The maximum absolute atomic E-state index is 11.9. The smallest absolute Gasteiger partial charge is 0.363 e. The molecule has 114 valence electrons. The Kier molecular flexibility index (Phi) is 3.72. The standard InChI is InChI=1S/C17H12N2O4/c1-11-2-6-13(7-3-11)16-18-15(17(20)23-16)10-12-4-8-14(9-5-12)19(21)22/h2-10H,1H3/b15-10-. The molecule has 3 rings (SSSR count). The molecule has 2 aromatic carbocycles. The summed E-state index contributed by atoms with van der Waals surface area (Å²) in [5.41, 5.74) is 2.60. The van der Waals surface area contributed by atoms with Gasteiger partial charge in [-0.2, -0.15) is 0 Å². The van der Waals surface area contributed by atoms with E-state index in [0.717, 1.165) is 11.1 Å². The molecule has 1 aliphatic rings. The van der Waals surface area contributed by atoms with E-state index < -0.39 is 10.9 Å². The molecule has 6 heteroatoms. The molecule has 0 N–H and O–H groups in total. The van der Waals surface area contributed by atoms with Crippen LogP contribution in [0.5, 0.6) is 0 Å². The van der Waals surface area contributed by atoms with Crippen LogP contribution < -0.4 is 0 Å². The van der Waals surface area contributed by atoms with Gasteiger partial charge in [0.1, 0.15) is 0 Å². The first-order chi connectivity index (χ1) is 11.0. The molecule has 1 aliphatic heterocycles. The molecule has 0 radical (unpaired) electrons. The highest BCUT2D eigenvalue weighted by Crippen LogP contribution is 2.20. The molecule has 0 unspecified atom stereocenters. The largest absolute Gasteiger partial charge is 0.402 e. The zero-order valence-corrected chi connectivity index (χ0v) is 12.2. The van der Waals surface area contributed by atoms with Crippen molar-refractivity contribution in [3.63, 3.8) is 0 Å². The molecule has 0 spiro atoms. The van der Waals surface area contributed by atoms with Gasteiger partial charge in [-0.25, -0.2) is 9.79 Å². The van der Waals surface area contributed by atoms with Crippen LogP contribution in [0.25, 0.3) is 6.08 Å². The lowest BCUT2D eigenvalue weighted by Crippen LogP contribution is -2.05. The molecule has 2 aromatic rings. The lowest BCUT2D eigenvalue weighted by atomic mass is 10.1. The van der Waals surface area contributed by atoms with Crippen LogP contribution in [-0.2, 0) is 9.53 Å². The lowest BCUT2D eigenvalue weighted by molar-refractivity contribution is -0.384. The second kappa shape index (κ2) is 5.84. The van der Waals surface area contributed by atoms with E-state index in [1.165, 1.54) is 18.2 Å². The van der Waals surface area contributed by atoms with Crippen molar-refractivity contribution in [3.05, 3.63) is 81.0 Å². The summed E-state index contributed by atoms with van der Waals surface area (Å²) in [5, 5.41) is 10.6. The third-order valence-corrected chi connectivity index (χ3v) is 3.33. The summed E-state index contributed by atoms with van der Waals surface area (Å²) in [4.78, 5) is 26.2. The van der Waals surface area contributed by atoms with Crippen LogP contribution in [0.15, 0.2) is 59.2 Å². The predicted octanol–water partition coefficient (Wildman–Crippen LogP) is 3.25. The normalized spacial score (nSPS) is 15.4. The summed E-state index contributed by atoms with van der Waals surface area (Å²) >= 11 is 0. The number of non-ortho nitro benzene ring substituents is 1. The molecule has 1 heterocycles. The average molecular weight is 308 g/mol. The number of esters is 1. The SMILES string of the molecule is Cc1ccc(C2=N/C(=C\c3ccc([N+](=O)[O-])cc3)C(=O)O2)cc1. The van der Waals surface area contributed by atoms with Crippen molar-refractivity contribution in [2.24, 2.45) is 4.99 Å². The summed E-state index contributed by atoms with van der Waals surface area (Å²) in [6, 6.07) is 13.3. The fraction of sp³-hybridized carbons (Fsp3) is 0.0588. The number of ether oxygens (including phenoxy) is 1. The number of nitro groups is 1. The van der Waals surface area contributed by atoms with Gasteiger partial charge in [0.05, 0.1) is 4.92 Å². The number of nitrogens with zero attached hydrogens (tertiary/aromatic N) is 2. The second-order valence-corrected chi connectivity index (χ2v) is 5.05. The first kappa shape index (κ1) is 14.6. The Morgan fingerprint density at radius 1 is 1.09 bits per heavy atom. The van der Waals surface area contributed by atoms with Gasteiger partial charge in [-0.15, -0.1) is 0 Å². The number of hydrogen-bond donors (Lipinski definition) is 0. The van der Waals surface area contributed by atoms with Gasteiger partial charge >= 0.3 is 5.97 Å². The summed E-state index contributed by atoms with van der Waals surface area (Å²) in [6.45, 7) is 1.96. The van der Waals surface area contributed by atoms with Gasteiger partial charge in [-0.05, 0) is 42.8 Å². The zero-order chi connectivity index (χ0) is 16.4. The van der Waals surface area contributed by atoms with Gasteiger partial charge in [-0.3, -0.25) is 10.1 Å². The average Bonchev–Trinajstić information content (AvgIpc) is 2.89. The Morgan fingerprint density at radius 2 is 1.74 bits per heavy atom. The van der Waals surface area contributed by atoms with Crippen LogP contribution in [0.1, 0.15) is 16.7 Å². The van der Waals surface area contributed by atoms with E-state index in [-0.39, 0.29) is 17.3 Å². The van der Waals surface area contributed by atoms with E-state index in [9.17, 15) is 14.9 Å². The van der Waals surface area contributed by atoms with Crippen molar-refractivity contribution in [2.45, 2.75) is 6.92 Å². The monoisotopic (exact) mass is 308 g/mol. The van der Waals surface area contributed by atoms with Crippen molar-refractivity contribution < 1.29 is 14.5 Å². The minimum absolute atomic E-state index is 0.00926. The maximum Gasteiger partial charge on any atom is 0.363 e. The molecule has 0 aromatic heterocycles. The Labute approximate surface area is 131 Å². The van der Waals surface area contributed by atoms with Crippen LogP contribution in [0.2, 0.25) is 0 Å². The first-order valence-electron chi connectivity index (χ1n) is 6.87. The molecule has 0 saturated carbocycles. The van der Waals surface area contributed by atoms with Crippen LogP contribution in [-0.4, -0.2) is 16.8 Å². The fourth-order valence-corrected chi connectivity index (χ4v) is 2.08. The fourth-order valence-electron chi connectivity index (χ4n) is 2.08. The number of rotatable bonds is 3. The molecule has 0 fully saturated rings. The Balaban J connectivity index is 1.88.